The van der Waals surface area contributed by atoms with E-state index in [1.165, 1.54) is 32.8 Å². The number of benzene rings is 8. The van der Waals surface area contributed by atoms with Crippen molar-refractivity contribution in [2.24, 2.45) is 4.99 Å². The van der Waals surface area contributed by atoms with Gasteiger partial charge in [-0.2, -0.15) is 0 Å². The van der Waals surface area contributed by atoms with Gasteiger partial charge in [-0.15, -0.1) is 0 Å². The van der Waals surface area contributed by atoms with Crippen LogP contribution in [0.5, 0.6) is 0 Å². The van der Waals surface area contributed by atoms with E-state index in [1.54, 1.807) is 0 Å². The first-order valence-corrected chi connectivity index (χ1v) is 17.4. The highest BCUT2D eigenvalue weighted by Gasteiger charge is 2.29. The highest BCUT2D eigenvalue weighted by atomic mass is 16.3. The van der Waals surface area contributed by atoms with E-state index in [2.05, 4.69) is 180 Å². The lowest BCUT2D eigenvalue weighted by Crippen LogP contribution is -2.45. The maximum absolute atomic E-state index is 6.85. The molecule has 0 saturated heterocycles. The zero-order valence-corrected chi connectivity index (χ0v) is 27.8. The summed E-state index contributed by atoms with van der Waals surface area (Å²) in [5.74, 6) is 0.839. The molecular weight excluding hydrogens is 623 g/mol. The van der Waals surface area contributed by atoms with Crippen molar-refractivity contribution in [3.63, 3.8) is 0 Å². The van der Waals surface area contributed by atoms with Gasteiger partial charge in [0.2, 0.25) is 0 Å². The lowest BCUT2D eigenvalue weighted by Gasteiger charge is -2.32. The highest BCUT2D eigenvalue weighted by molar-refractivity contribution is 6.13. The van der Waals surface area contributed by atoms with Crippen LogP contribution in [0.1, 0.15) is 29.0 Å². The molecule has 0 spiro atoms. The number of hydrogen-bond acceptors (Lipinski definition) is 4. The van der Waals surface area contributed by atoms with Crippen molar-refractivity contribution in [3.05, 3.63) is 193 Å². The minimum absolute atomic E-state index is 0.166. The summed E-state index contributed by atoms with van der Waals surface area (Å²) >= 11 is 0. The Morgan fingerprint density at radius 2 is 1.06 bits per heavy atom. The van der Waals surface area contributed by atoms with Crippen LogP contribution in [0.25, 0.3) is 65.7 Å². The SMILES string of the molecule is c1ccc(C2=NC(c3cc(-c4ccc(-c5ccccc5)c5ccccc45)cc4c3oc3cc5ccccc5cc34)NC(c3ccccc3)N2)cc1. The number of nitrogens with zero attached hydrogens (tertiary/aromatic N) is 1. The van der Waals surface area contributed by atoms with Crippen molar-refractivity contribution < 1.29 is 4.42 Å². The molecule has 1 aromatic heterocycles. The van der Waals surface area contributed by atoms with Gasteiger partial charge in [-0.3, -0.25) is 5.32 Å². The minimum atomic E-state index is -0.390. The van der Waals surface area contributed by atoms with E-state index in [0.717, 1.165) is 55.4 Å². The lowest BCUT2D eigenvalue weighted by molar-refractivity contribution is 0.408. The van der Waals surface area contributed by atoms with Crippen molar-refractivity contribution in [2.75, 3.05) is 0 Å². The summed E-state index contributed by atoms with van der Waals surface area (Å²) in [5.41, 5.74) is 9.60. The Morgan fingerprint density at radius 1 is 0.471 bits per heavy atom. The van der Waals surface area contributed by atoms with Crippen LogP contribution in [0.15, 0.2) is 185 Å². The molecule has 1 aliphatic heterocycles. The van der Waals surface area contributed by atoms with Crippen molar-refractivity contribution in [1.29, 1.82) is 0 Å². The normalized spacial score (nSPS) is 16.0. The molecule has 8 aromatic carbocycles. The average Bonchev–Trinajstić information content (AvgIpc) is 3.57. The number of furan rings is 1. The van der Waals surface area contributed by atoms with Crippen LogP contribution >= 0.6 is 0 Å². The molecule has 0 bridgehead atoms. The molecule has 2 N–H and O–H groups in total. The van der Waals surface area contributed by atoms with Gasteiger partial charge >= 0.3 is 0 Å². The Hall–Kier alpha value is -6.49. The molecule has 51 heavy (non-hydrogen) atoms. The maximum atomic E-state index is 6.85. The molecule has 9 aromatic rings. The summed E-state index contributed by atoms with van der Waals surface area (Å²) in [6.45, 7) is 0. The second-order valence-corrected chi connectivity index (χ2v) is 13.2. The molecular formula is C47H33N3O. The maximum Gasteiger partial charge on any atom is 0.142 e. The predicted octanol–water partition coefficient (Wildman–Crippen LogP) is 11.6. The van der Waals surface area contributed by atoms with Gasteiger partial charge in [0.25, 0.3) is 0 Å². The molecule has 4 heteroatoms. The first-order valence-electron chi connectivity index (χ1n) is 17.4. The third-order valence-corrected chi connectivity index (χ3v) is 10.1. The Labute approximate surface area is 295 Å². The number of fused-ring (bicyclic) bond motifs is 5. The van der Waals surface area contributed by atoms with Gasteiger partial charge in [0.1, 0.15) is 29.3 Å². The van der Waals surface area contributed by atoms with Crippen LogP contribution in [0.4, 0.5) is 0 Å². The summed E-state index contributed by atoms with van der Waals surface area (Å²) < 4.78 is 6.85. The van der Waals surface area contributed by atoms with E-state index in [4.69, 9.17) is 9.41 Å². The van der Waals surface area contributed by atoms with Crippen LogP contribution in [0.2, 0.25) is 0 Å². The molecule has 242 valence electrons. The summed E-state index contributed by atoms with van der Waals surface area (Å²) in [6.07, 6.45) is -0.556. The Bertz CT molecular complexity index is 2750. The van der Waals surface area contributed by atoms with Gasteiger partial charge in [-0.1, -0.05) is 152 Å². The Morgan fingerprint density at radius 3 is 1.76 bits per heavy atom. The van der Waals surface area contributed by atoms with E-state index in [0.29, 0.717) is 0 Å². The molecule has 0 aliphatic carbocycles. The number of amidine groups is 1. The number of nitrogens with one attached hydrogen (secondary N) is 2. The Kier molecular flexibility index (Phi) is 7.00. The molecule has 0 saturated carbocycles. The van der Waals surface area contributed by atoms with Crippen molar-refractivity contribution in [3.8, 4) is 22.3 Å². The molecule has 0 amide bonds. The van der Waals surface area contributed by atoms with Crippen LogP contribution in [-0.2, 0) is 0 Å². The summed E-state index contributed by atoms with van der Waals surface area (Å²) in [5, 5.41) is 14.5. The zero-order valence-electron chi connectivity index (χ0n) is 27.8. The van der Waals surface area contributed by atoms with Gasteiger partial charge < -0.3 is 9.73 Å². The third kappa shape index (κ3) is 5.16. The highest BCUT2D eigenvalue weighted by Crippen LogP contribution is 2.43. The standard InChI is InChI=1S/C47H33N3O/c1-4-14-30(15-5-1)36-24-25-37(39-23-13-12-22-38(36)39)35-27-41-40-26-33-20-10-11-21-34(33)29-43(40)51-44(41)42(28-35)47-49-45(31-16-6-2-7-17-31)48-46(50-47)32-18-8-3-9-19-32/h1-29,45,47,49H,(H,48,50). The quantitative estimate of drug-likeness (QED) is 0.194. The fourth-order valence-electron chi connectivity index (χ4n) is 7.65. The largest absolute Gasteiger partial charge is 0.456 e. The van der Waals surface area contributed by atoms with Crippen molar-refractivity contribution >= 4 is 49.3 Å². The van der Waals surface area contributed by atoms with Gasteiger partial charge in [-0.05, 0) is 73.6 Å². The second kappa shape index (κ2) is 12.1. The number of hydrogen-bond donors (Lipinski definition) is 2. The molecule has 10 rings (SSSR count). The first kappa shape index (κ1) is 29.4. The molecule has 2 unspecified atom stereocenters. The van der Waals surface area contributed by atoms with Crippen molar-refractivity contribution in [1.82, 2.24) is 10.6 Å². The van der Waals surface area contributed by atoms with Crippen LogP contribution < -0.4 is 10.6 Å². The van der Waals surface area contributed by atoms with E-state index in [9.17, 15) is 0 Å². The number of aliphatic imine (C=N–C) groups is 1. The molecule has 0 radical (unpaired) electrons. The summed E-state index contributed by atoms with van der Waals surface area (Å²) in [6, 6.07) is 62.3. The second-order valence-electron chi connectivity index (χ2n) is 13.2. The monoisotopic (exact) mass is 655 g/mol. The van der Waals surface area contributed by atoms with Crippen molar-refractivity contribution in [2.45, 2.75) is 12.3 Å². The van der Waals surface area contributed by atoms with Crippen LogP contribution in [-0.4, -0.2) is 5.84 Å². The van der Waals surface area contributed by atoms with E-state index < -0.39 is 0 Å². The van der Waals surface area contributed by atoms with Gasteiger partial charge in [0.15, 0.2) is 0 Å². The smallest absolute Gasteiger partial charge is 0.142 e. The van der Waals surface area contributed by atoms with E-state index >= 15 is 0 Å². The zero-order chi connectivity index (χ0) is 33.7. The molecule has 2 heterocycles. The van der Waals surface area contributed by atoms with E-state index in [1.807, 2.05) is 6.07 Å². The van der Waals surface area contributed by atoms with Crippen LogP contribution in [0.3, 0.4) is 0 Å². The minimum Gasteiger partial charge on any atom is -0.456 e. The fraction of sp³-hybridized carbons (Fsp3) is 0.0426. The number of rotatable bonds is 5. The Balaban J connectivity index is 1.23. The molecule has 2 atom stereocenters. The van der Waals surface area contributed by atoms with Crippen LogP contribution in [0, 0.1) is 0 Å². The molecule has 4 nitrogen and oxygen atoms in total. The summed E-state index contributed by atoms with van der Waals surface area (Å²) in [7, 11) is 0. The van der Waals surface area contributed by atoms with Gasteiger partial charge in [0.05, 0.1) is 0 Å². The average molecular weight is 656 g/mol. The first-order chi connectivity index (χ1) is 25.3. The lowest BCUT2D eigenvalue weighted by atomic mass is 9.90. The molecule has 1 aliphatic rings. The topological polar surface area (TPSA) is 49.6 Å². The predicted molar refractivity (Wildman–Crippen MR) is 211 cm³/mol. The molecule has 0 fully saturated rings. The fourth-order valence-corrected chi connectivity index (χ4v) is 7.65. The van der Waals surface area contributed by atoms with E-state index in [-0.39, 0.29) is 12.3 Å². The summed E-state index contributed by atoms with van der Waals surface area (Å²) in [4.78, 5) is 5.36. The third-order valence-electron chi connectivity index (χ3n) is 10.1. The van der Waals surface area contributed by atoms with Gasteiger partial charge in [0, 0.05) is 21.9 Å². The van der Waals surface area contributed by atoms with Gasteiger partial charge in [-0.25, -0.2) is 4.99 Å².